The van der Waals surface area contributed by atoms with Crippen molar-refractivity contribution in [3.05, 3.63) is 0 Å². The summed E-state index contributed by atoms with van der Waals surface area (Å²) in [6.07, 6.45) is 1.68. The highest BCUT2D eigenvalue weighted by atomic mass is 19.3. The number of alkyl halides is 2. The quantitative estimate of drug-likeness (QED) is 0.759. The molecule has 2 nitrogen and oxygen atoms in total. The number of rotatable bonds is 7. The zero-order valence-corrected chi connectivity index (χ0v) is 11.8. The van der Waals surface area contributed by atoms with E-state index in [-0.39, 0.29) is 24.8 Å². The van der Waals surface area contributed by atoms with Gasteiger partial charge in [0.25, 0.3) is 0 Å². The first-order valence-corrected chi connectivity index (χ1v) is 7.13. The fourth-order valence-electron chi connectivity index (χ4n) is 2.50. The Labute approximate surface area is 109 Å². The summed E-state index contributed by atoms with van der Waals surface area (Å²) in [6, 6.07) is 0.264. The minimum Gasteiger partial charge on any atom is -0.380 e. The van der Waals surface area contributed by atoms with Gasteiger partial charge in [-0.2, -0.15) is 0 Å². The van der Waals surface area contributed by atoms with Crippen LogP contribution in [0.25, 0.3) is 0 Å². The van der Waals surface area contributed by atoms with Crippen molar-refractivity contribution >= 4 is 0 Å². The van der Waals surface area contributed by atoms with Gasteiger partial charge in [-0.1, -0.05) is 13.8 Å². The summed E-state index contributed by atoms with van der Waals surface area (Å²) in [5.74, 6) is -1.88. The number of nitrogens with one attached hydrogen (secondary N) is 1. The average molecular weight is 263 g/mol. The molecule has 1 saturated carbocycles. The van der Waals surface area contributed by atoms with Crippen molar-refractivity contribution < 1.29 is 13.5 Å². The topological polar surface area (TPSA) is 21.3 Å². The van der Waals surface area contributed by atoms with E-state index in [0.717, 1.165) is 6.42 Å². The van der Waals surface area contributed by atoms with Gasteiger partial charge in [-0.05, 0) is 38.1 Å². The predicted molar refractivity (Wildman–Crippen MR) is 70.0 cm³/mol. The molecule has 1 fully saturated rings. The van der Waals surface area contributed by atoms with Crippen LogP contribution in [0, 0.1) is 11.8 Å². The first-order chi connectivity index (χ1) is 8.44. The summed E-state index contributed by atoms with van der Waals surface area (Å²) in [7, 11) is 0. The Bertz CT molecular complexity index is 234. The van der Waals surface area contributed by atoms with E-state index in [0.29, 0.717) is 32.1 Å². The molecule has 1 N–H and O–H groups in total. The predicted octanol–water partition coefficient (Wildman–Crippen LogP) is 3.46. The summed E-state index contributed by atoms with van der Waals surface area (Å²) in [4.78, 5) is 0. The Morgan fingerprint density at radius 1 is 1.39 bits per heavy atom. The van der Waals surface area contributed by atoms with E-state index in [2.05, 4.69) is 19.2 Å². The van der Waals surface area contributed by atoms with Crippen LogP contribution in [-0.2, 0) is 4.74 Å². The molecule has 0 saturated heterocycles. The maximum absolute atomic E-state index is 13.3. The maximum atomic E-state index is 13.3. The molecular formula is C14H27F2NO. The van der Waals surface area contributed by atoms with Gasteiger partial charge in [0, 0.05) is 25.5 Å². The molecule has 0 aromatic carbocycles. The zero-order chi connectivity index (χ0) is 13.6. The molecule has 2 atom stereocenters. The molecule has 0 aliphatic heterocycles. The Morgan fingerprint density at radius 2 is 2.11 bits per heavy atom. The van der Waals surface area contributed by atoms with Crippen molar-refractivity contribution in [2.45, 2.75) is 58.4 Å². The van der Waals surface area contributed by atoms with E-state index in [9.17, 15) is 8.78 Å². The Morgan fingerprint density at radius 3 is 2.67 bits per heavy atom. The number of halogens is 2. The highest BCUT2D eigenvalue weighted by Crippen LogP contribution is 2.36. The monoisotopic (exact) mass is 263 g/mol. The molecule has 0 bridgehead atoms. The van der Waals surface area contributed by atoms with Crippen LogP contribution in [0.5, 0.6) is 0 Å². The summed E-state index contributed by atoms with van der Waals surface area (Å²) >= 11 is 0. The standard InChI is InChI=1S/C14H27F2NO/c1-4-18-10-13(11(2)3)17-9-12-6-5-7-14(15,16)8-12/h11-13,17H,4-10H2,1-3H3. The number of ether oxygens (including phenoxy) is 1. The second-order valence-electron chi connectivity index (χ2n) is 5.74. The van der Waals surface area contributed by atoms with Crippen LogP contribution in [0.1, 0.15) is 46.5 Å². The van der Waals surface area contributed by atoms with E-state index in [1.807, 2.05) is 6.92 Å². The van der Waals surface area contributed by atoms with Crippen LogP contribution in [-0.4, -0.2) is 31.7 Å². The van der Waals surface area contributed by atoms with Crippen molar-refractivity contribution in [1.29, 1.82) is 0 Å². The highest BCUT2D eigenvalue weighted by Gasteiger charge is 2.36. The zero-order valence-electron chi connectivity index (χ0n) is 11.8. The van der Waals surface area contributed by atoms with E-state index in [1.54, 1.807) is 0 Å². The Hall–Kier alpha value is -0.220. The largest absolute Gasteiger partial charge is 0.380 e. The van der Waals surface area contributed by atoms with Gasteiger partial charge >= 0.3 is 0 Å². The molecule has 0 aromatic heterocycles. The molecule has 1 rings (SSSR count). The first kappa shape index (κ1) is 15.8. The van der Waals surface area contributed by atoms with Gasteiger partial charge in [0.15, 0.2) is 0 Å². The van der Waals surface area contributed by atoms with Crippen LogP contribution in [0.2, 0.25) is 0 Å². The molecule has 1 aliphatic rings. The van der Waals surface area contributed by atoms with Gasteiger partial charge in [-0.15, -0.1) is 0 Å². The van der Waals surface area contributed by atoms with E-state index >= 15 is 0 Å². The lowest BCUT2D eigenvalue weighted by molar-refractivity contribution is -0.0527. The highest BCUT2D eigenvalue weighted by molar-refractivity contribution is 4.81. The molecule has 108 valence electrons. The number of hydrogen-bond acceptors (Lipinski definition) is 2. The summed E-state index contributed by atoms with van der Waals surface area (Å²) in [6.45, 7) is 8.28. The molecule has 0 radical (unpaired) electrons. The van der Waals surface area contributed by atoms with Crippen molar-refractivity contribution in [3.63, 3.8) is 0 Å². The molecular weight excluding hydrogens is 236 g/mol. The van der Waals surface area contributed by atoms with E-state index in [1.165, 1.54) is 0 Å². The van der Waals surface area contributed by atoms with Crippen LogP contribution < -0.4 is 5.32 Å². The third kappa shape index (κ3) is 5.61. The molecule has 0 aromatic rings. The SMILES string of the molecule is CCOCC(NCC1CCCC(F)(F)C1)C(C)C. The molecule has 18 heavy (non-hydrogen) atoms. The summed E-state index contributed by atoms with van der Waals surface area (Å²) in [5.41, 5.74) is 0. The van der Waals surface area contributed by atoms with E-state index < -0.39 is 5.92 Å². The fraction of sp³-hybridized carbons (Fsp3) is 1.00. The molecule has 2 unspecified atom stereocenters. The van der Waals surface area contributed by atoms with Crippen LogP contribution in [0.3, 0.4) is 0 Å². The molecule has 4 heteroatoms. The van der Waals surface area contributed by atoms with Gasteiger partial charge in [-0.25, -0.2) is 8.78 Å². The van der Waals surface area contributed by atoms with Crippen molar-refractivity contribution in [1.82, 2.24) is 5.32 Å². The Kier molecular flexibility index (Phi) is 6.50. The lowest BCUT2D eigenvalue weighted by Crippen LogP contribution is -2.42. The van der Waals surface area contributed by atoms with Gasteiger partial charge in [-0.3, -0.25) is 0 Å². The lowest BCUT2D eigenvalue weighted by atomic mass is 9.86. The third-order valence-electron chi connectivity index (χ3n) is 3.72. The second-order valence-corrected chi connectivity index (χ2v) is 5.74. The van der Waals surface area contributed by atoms with Gasteiger partial charge in [0.1, 0.15) is 0 Å². The second kappa shape index (κ2) is 7.39. The summed E-state index contributed by atoms with van der Waals surface area (Å²) in [5, 5.41) is 3.40. The lowest BCUT2D eigenvalue weighted by Gasteiger charge is -2.31. The minimum atomic E-state index is -2.45. The average Bonchev–Trinajstić information content (AvgIpc) is 2.27. The van der Waals surface area contributed by atoms with E-state index in [4.69, 9.17) is 4.74 Å². The smallest absolute Gasteiger partial charge is 0.248 e. The summed E-state index contributed by atoms with van der Waals surface area (Å²) < 4.78 is 32.0. The number of hydrogen-bond donors (Lipinski definition) is 1. The van der Waals surface area contributed by atoms with Crippen LogP contribution >= 0.6 is 0 Å². The minimum absolute atomic E-state index is 0.0411. The van der Waals surface area contributed by atoms with Gasteiger partial charge in [0.05, 0.1) is 6.61 Å². The maximum Gasteiger partial charge on any atom is 0.248 e. The first-order valence-electron chi connectivity index (χ1n) is 7.13. The fourth-order valence-corrected chi connectivity index (χ4v) is 2.50. The van der Waals surface area contributed by atoms with Crippen molar-refractivity contribution in [3.8, 4) is 0 Å². The van der Waals surface area contributed by atoms with Gasteiger partial charge in [0.2, 0.25) is 5.92 Å². The van der Waals surface area contributed by atoms with Crippen molar-refractivity contribution in [2.24, 2.45) is 11.8 Å². The molecule has 0 spiro atoms. The molecule has 0 amide bonds. The van der Waals surface area contributed by atoms with Gasteiger partial charge < -0.3 is 10.1 Å². The van der Waals surface area contributed by atoms with Crippen molar-refractivity contribution in [2.75, 3.05) is 19.8 Å². The molecule has 0 heterocycles. The Balaban J connectivity index is 2.32. The molecule has 1 aliphatic carbocycles. The van der Waals surface area contributed by atoms with Crippen LogP contribution in [0.15, 0.2) is 0 Å². The normalized spacial score (nSPS) is 25.3. The van der Waals surface area contributed by atoms with Crippen LogP contribution in [0.4, 0.5) is 8.78 Å². The third-order valence-corrected chi connectivity index (χ3v) is 3.72.